The summed E-state index contributed by atoms with van der Waals surface area (Å²) in [6.07, 6.45) is 4.52. The van der Waals surface area contributed by atoms with Crippen LogP contribution in [0.2, 0.25) is 0 Å². The van der Waals surface area contributed by atoms with E-state index in [1.165, 1.54) is 5.56 Å². The average Bonchev–Trinajstić information content (AvgIpc) is 2.75. The van der Waals surface area contributed by atoms with E-state index in [9.17, 15) is 0 Å². The molecule has 2 heterocycles. The molecule has 2 aromatic rings. The fourth-order valence-electron chi connectivity index (χ4n) is 1.84. The maximum Gasteiger partial charge on any atom is 0.169 e. The molecule has 0 saturated heterocycles. The maximum atomic E-state index is 5.62. The van der Waals surface area contributed by atoms with Crippen LogP contribution < -0.4 is 5.32 Å². The number of hydrogen-bond donors (Lipinski definition) is 1. The van der Waals surface area contributed by atoms with Crippen LogP contribution in [0, 0.1) is 0 Å². The second-order valence-electron chi connectivity index (χ2n) is 3.97. The van der Waals surface area contributed by atoms with Gasteiger partial charge in [-0.2, -0.15) is 0 Å². The number of pyridine rings is 1. The van der Waals surface area contributed by atoms with Gasteiger partial charge in [-0.05, 0) is 68.6 Å². The van der Waals surface area contributed by atoms with Crippen molar-refractivity contribution in [1.29, 1.82) is 0 Å². The number of likely N-dealkylation sites (N-methyl/N-ethyl adjacent to an activating group) is 1. The highest BCUT2D eigenvalue weighted by Gasteiger charge is 2.15. The summed E-state index contributed by atoms with van der Waals surface area (Å²) < 4.78 is 7.38. The van der Waals surface area contributed by atoms with Crippen molar-refractivity contribution in [2.45, 2.75) is 19.4 Å². The summed E-state index contributed by atoms with van der Waals surface area (Å²) in [6, 6.07) is 6.15. The second-order valence-corrected chi connectivity index (χ2v) is 5.66. The van der Waals surface area contributed by atoms with E-state index in [1.807, 2.05) is 18.3 Å². The van der Waals surface area contributed by atoms with Crippen molar-refractivity contribution in [3.05, 3.63) is 51.1 Å². The molecule has 0 amide bonds. The molecule has 0 aliphatic heterocycles. The highest BCUT2D eigenvalue weighted by Crippen LogP contribution is 2.24. The van der Waals surface area contributed by atoms with Crippen LogP contribution >= 0.6 is 31.9 Å². The Kier molecular flexibility index (Phi) is 4.97. The minimum absolute atomic E-state index is 0.164. The number of aromatic nitrogens is 1. The van der Waals surface area contributed by atoms with Crippen molar-refractivity contribution in [3.63, 3.8) is 0 Å². The Balaban J connectivity index is 2.16. The molecule has 3 nitrogen and oxygen atoms in total. The molecule has 1 unspecified atom stereocenters. The molecular weight excluding hydrogens is 360 g/mol. The van der Waals surface area contributed by atoms with Gasteiger partial charge in [0.05, 0.1) is 6.04 Å². The Hall–Kier alpha value is -0.650. The third-order valence-electron chi connectivity index (χ3n) is 2.59. The first kappa shape index (κ1) is 13.8. The number of rotatable bonds is 5. The van der Waals surface area contributed by atoms with Gasteiger partial charge in [-0.3, -0.25) is 4.98 Å². The molecule has 0 fully saturated rings. The third kappa shape index (κ3) is 3.67. The first-order valence-corrected chi connectivity index (χ1v) is 7.35. The van der Waals surface area contributed by atoms with Gasteiger partial charge in [-0.1, -0.05) is 6.92 Å². The zero-order valence-electron chi connectivity index (χ0n) is 9.99. The summed E-state index contributed by atoms with van der Waals surface area (Å²) in [6.45, 7) is 2.98. The topological polar surface area (TPSA) is 38.1 Å². The molecule has 0 aromatic carbocycles. The SMILES string of the molecule is CCNC(Cc1cncc(Br)c1)c1ccc(Br)o1. The van der Waals surface area contributed by atoms with Crippen molar-refractivity contribution < 1.29 is 4.42 Å². The number of hydrogen-bond acceptors (Lipinski definition) is 3. The molecule has 1 N–H and O–H groups in total. The molecule has 0 aliphatic rings. The first-order valence-electron chi connectivity index (χ1n) is 5.77. The van der Waals surface area contributed by atoms with Crippen LogP contribution in [0.3, 0.4) is 0 Å². The van der Waals surface area contributed by atoms with Crippen LogP contribution in [0.1, 0.15) is 24.3 Å². The van der Waals surface area contributed by atoms with E-state index < -0.39 is 0 Å². The molecule has 0 spiro atoms. The van der Waals surface area contributed by atoms with Crippen molar-refractivity contribution in [2.24, 2.45) is 0 Å². The van der Waals surface area contributed by atoms with Crippen LogP contribution in [0.5, 0.6) is 0 Å². The zero-order chi connectivity index (χ0) is 13.0. The quantitative estimate of drug-likeness (QED) is 0.857. The van der Waals surface area contributed by atoms with Crippen molar-refractivity contribution in [3.8, 4) is 0 Å². The molecule has 0 aliphatic carbocycles. The Morgan fingerprint density at radius 1 is 1.33 bits per heavy atom. The summed E-state index contributed by atoms with van der Waals surface area (Å²) in [5.41, 5.74) is 1.17. The highest BCUT2D eigenvalue weighted by molar-refractivity contribution is 9.10. The number of halogens is 2. The fourth-order valence-corrected chi connectivity index (χ4v) is 2.57. The van der Waals surface area contributed by atoms with E-state index in [1.54, 1.807) is 6.20 Å². The van der Waals surface area contributed by atoms with Gasteiger partial charge in [0, 0.05) is 16.9 Å². The van der Waals surface area contributed by atoms with Gasteiger partial charge in [0.15, 0.2) is 4.67 Å². The maximum absolute atomic E-state index is 5.62. The van der Waals surface area contributed by atoms with Gasteiger partial charge in [0.1, 0.15) is 5.76 Å². The van der Waals surface area contributed by atoms with Crippen molar-refractivity contribution in [1.82, 2.24) is 10.3 Å². The zero-order valence-corrected chi connectivity index (χ0v) is 13.2. The van der Waals surface area contributed by atoms with E-state index in [4.69, 9.17) is 4.42 Å². The minimum Gasteiger partial charge on any atom is -0.453 e. The summed E-state index contributed by atoms with van der Waals surface area (Å²) >= 11 is 6.77. The Bertz CT molecular complexity index is 513. The van der Waals surface area contributed by atoms with Gasteiger partial charge < -0.3 is 9.73 Å². The van der Waals surface area contributed by atoms with E-state index in [0.717, 1.165) is 27.9 Å². The Labute approximate surface area is 123 Å². The van der Waals surface area contributed by atoms with Crippen LogP contribution in [0.25, 0.3) is 0 Å². The first-order chi connectivity index (χ1) is 8.69. The monoisotopic (exact) mass is 372 g/mol. The largest absolute Gasteiger partial charge is 0.453 e. The summed E-state index contributed by atoms with van der Waals surface area (Å²) in [7, 11) is 0. The number of nitrogens with one attached hydrogen (secondary N) is 1. The molecule has 1 atom stereocenters. The van der Waals surface area contributed by atoms with Crippen molar-refractivity contribution >= 4 is 31.9 Å². The van der Waals surface area contributed by atoms with Gasteiger partial charge in [-0.15, -0.1) is 0 Å². The van der Waals surface area contributed by atoms with E-state index in [-0.39, 0.29) is 6.04 Å². The minimum atomic E-state index is 0.164. The van der Waals surface area contributed by atoms with Crippen molar-refractivity contribution in [2.75, 3.05) is 6.54 Å². The molecule has 0 bridgehead atoms. The fraction of sp³-hybridized carbons (Fsp3) is 0.308. The summed E-state index contributed by atoms with van der Waals surface area (Å²) in [5, 5.41) is 3.42. The molecular formula is C13H14Br2N2O. The standard InChI is InChI=1S/C13H14Br2N2O/c1-2-17-11(12-3-4-13(15)18-12)6-9-5-10(14)8-16-7-9/h3-5,7-8,11,17H,2,6H2,1H3. The molecule has 0 saturated carbocycles. The van der Waals surface area contributed by atoms with E-state index in [0.29, 0.717) is 0 Å². The normalized spacial score (nSPS) is 12.6. The number of nitrogens with zero attached hydrogens (tertiary/aromatic N) is 1. The van der Waals surface area contributed by atoms with Crippen LogP contribution in [0.4, 0.5) is 0 Å². The number of furan rings is 1. The van der Waals surface area contributed by atoms with E-state index in [2.05, 4.69) is 55.2 Å². The smallest absolute Gasteiger partial charge is 0.169 e. The predicted octanol–water partition coefficient (Wildman–Crippen LogP) is 4.09. The molecule has 18 heavy (non-hydrogen) atoms. The Morgan fingerprint density at radius 3 is 2.78 bits per heavy atom. The lowest BCUT2D eigenvalue weighted by Gasteiger charge is -2.15. The van der Waals surface area contributed by atoms with Crippen LogP contribution in [-0.4, -0.2) is 11.5 Å². The molecule has 2 aromatic heterocycles. The second kappa shape index (κ2) is 6.50. The highest BCUT2D eigenvalue weighted by atomic mass is 79.9. The summed E-state index contributed by atoms with van der Waals surface area (Å²) in [4.78, 5) is 4.18. The van der Waals surface area contributed by atoms with Crippen LogP contribution in [0.15, 0.2) is 44.2 Å². The molecule has 5 heteroatoms. The predicted molar refractivity (Wildman–Crippen MR) is 78.5 cm³/mol. The average molecular weight is 374 g/mol. The Morgan fingerprint density at radius 2 is 2.17 bits per heavy atom. The van der Waals surface area contributed by atoms with Gasteiger partial charge in [0.25, 0.3) is 0 Å². The summed E-state index contributed by atoms with van der Waals surface area (Å²) in [5.74, 6) is 0.934. The molecule has 0 radical (unpaired) electrons. The van der Waals surface area contributed by atoms with Gasteiger partial charge in [-0.25, -0.2) is 0 Å². The van der Waals surface area contributed by atoms with Gasteiger partial charge in [0.2, 0.25) is 0 Å². The van der Waals surface area contributed by atoms with Gasteiger partial charge >= 0.3 is 0 Å². The lowest BCUT2D eigenvalue weighted by molar-refractivity contribution is 0.405. The third-order valence-corrected chi connectivity index (χ3v) is 3.45. The lowest BCUT2D eigenvalue weighted by Crippen LogP contribution is -2.22. The lowest BCUT2D eigenvalue weighted by atomic mass is 10.1. The molecule has 96 valence electrons. The van der Waals surface area contributed by atoms with E-state index >= 15 is 0 Å². The molecule has 2 rings (SSSR count). The van der Waals surface area contributed by atoms with Crippen LogP contribution in [-0.2, 0) is 6.42 Å².